The Bertz CT molecular complexity index is 832. The average molecular weight is 349 g/mol. The molecule has 0 aliphatic rings. The van der Waals surface area contributed by atoms with E-state index in [1.165, 1.54) is 17.4 Å². The first kappa shape index (κ1) is 15.1. The van der Waals surface area contributed by atoms with Gasteiger partial charge in [-0.15, -0.1) is 11.3 Å². The number of hydrogen-bond acceptors (Lipinski definition) is 3. The molecule has 0 bridgehead atoms. The summed E-state index contributed by atoms with van der Waals surface area (Å²) < 4.78 is 5.69. The van der Waals surface area contributed by atoms with Crippen LogP contribution in [0.25, 0.3) is 17.4 Å². The summed E-state index contributed by atoms with van der Waals surface area (Å²) in [6.45, 7) is 0. The number of furan rings is 1. The minimum Gasteiger partial charge on any atom is -0.457 e. The number of thiophene rings is 1. The fraction of sp³-hybridized carbons (Fsp3) is 0. The number of benzene rings is 1. The Morgan fingerprint density at radius 3 is 2.68 bits per heavy atom. The monoisotopic (exact) mass is 348 g/mol. The van der Waals surface area contributed by atoms with Gasteiger partial charge < -0.3 is 4.42 Å². The Kier molecular flexibility index (Phi) is 4.48. The van der Waals surface area contributed by atoms with Gasteiger partial charge in [0.15, 0.2) is 5.78 Å². The summed E-state index contributed by atoms with van der Waals surface area (Å²) >= 11 is 13.3. The van der Waals surface area contributed by atoms with E-state index >= 15 is 0 Å². The number of allylic oxidation sites excluding steroid dienone is 1. The smallest absolute Gasteiger partial charge is 0.195 e. The summed E-state index contributed by atoms with van der Waals surface area (Å²) in [6.07, 6.45) is 3.16. The first-order valence-corrected chi connectivity index (χ1v) is 8.08. The normalized spacial score (nSPS) is 11.2. The molecule has 0 aliphatic carbocycles. The molecule has 0 saturated carbocycles. The van der Waals surface area contributed by atoms with Gasteiger partial charge in [-0.3, -0.25) is 4.79 Å². The van der Waals surface area contributed by atoms with Gasteiger partial charge in [-0.1, -0.05) is 29.3 Å². The van der Waals surface area contributed by atoms with Gasteiger partial charge in [0.2, 0.25) is 0 Å². The van der Waals surface area contributed by atoms with Crippen molar-refractivity contribution in [3.8, 4) is 11.3 Å². The SMILES string of the molecule is O=C(C=Cc1ccc(-c2ccc(Cl)c(Cl)c2)o1)c1cccs1. The Balaban J connectivity index is 1.79. The lowest BCUT2D eigenvalue weighted by atomic mass is 10.2. The van der Waals surface area contributed by atoms with Crippen LogP contribution in [0.3, 0.4) is 0 Å². The lowest BCUT2D eigenvalue weighted by molar-refractivity contribution is 0.105. The summed E-state index contributed by atoms with van der Waals surface area (Å²) in [7, 11) is 0. The zero-order valence-electron chi connectivity index (χ0n) is 11.3. The van der Waals surface area contributed by atoms with Crippen molar-refractivity contribution in [2.45, 2.75) is 0 Å². The highest BCUT2D eigenvalue weighted by atomic mass is 35.5. The number of rotatable bonds is 4. The first-order valence-electron chi connectivity index (χ1n) is 6.44. The highest BCUT2D eigenvalue weighted by Gasteiger charge is 2.07. The van der Waals surface area contributed by atoms with E-state index in [2.05, 4.69) is 0 Å². The first-order chi connectivity index (χ1) is 10.6. The topological polar surface area (TPSA) is 30.2 Å². The summed E-state index contributed by atoms with van der Waals surface area (Å²) in [5.74, 6) is 1.23. The molecular formula is C17H10Cl2O2S. The van der Waals surface area contributed by atoms with Crippen LogP contribution in [0.4, 0.5) is 0 Å². The van der Waals surface area contributed by atoms with Crippen molar-refractivity contribution >= 4 is 46.4 Å². The molecule has 2 aromatic heterocycles. The lowest BCUT2D eigenvalue weighted by Crippen LogP contribution is -1.88. The van der Waals surface area contributed by atoms with Crippen molar-refractivity contribution in [1.82, 2.24) is 0 Å². The molecule has 110 valence electrons. The second-order valence-electron chi connectivity index (χ2n) is 4.51. The van der Waals surface area contributed by atoms with Crippen LogP contribution in [-0.4, -0.2) is 5.78 Å². The number of carbonyl (C=O) groups excluding carboxylic acids is 1. The third-order valence-corrected chi connectivity index (χ3v) is 4.62. The van der Waals surface area contributed by atoms with Crippen LogP contribution in [0.2, 0.25) is 10.0 Å². The molecule has 0 unspecified atom stereocenters. The Morgan fingerprint density at radius 2 is 1.95 bits per heavy atom. The number of ketones is 1. The van der Waals surface area contributed by atoms with Crippen LogP contribution in [-0.2, 0) is 0 Å². The predicted octanol–water partition coefficient (Wildman–Crippen LogP) is 6.21. The van der Waals surface area contributed by atoms with E-state index in [1.54, 1.807) is 30.3 Å². The molecule has 0 aliphatic heterocycles. The fourth-order valence-electron chi connectivity index (χ4n) is 1.91. The van der Waals surface area contributed by atoms with E-state index in [0.717, 1.165) is 5.56 Å². The molecule has 1 aromatic carbocycles. The van der Waals surface area contributed by atoms with Crippen LogP contribution < -0.4 is 0 Å². The molecule has 3 rings (SSSR count). The molecule has 0 atom stereocenters. The van der Waals surface area contributed by atoms with Gasteiger partial charge >= 0.3 is 0 Å². The van der Waals surface area contributed by atoms with E-state index < -0.39 is 0 Å². The minimum atomic E-state index is -0.0394. The van der Waals surface area contributed by atoms with Crippen LogP contribution in [0.5, 0.6) is 0 Å². The fourth-order valence-corrected chi connectivity index (χ4v) is 2.85. The molecule has 0 radical (unpaired) electrons. The maximum absolute atomic E-state index is 11.9. The molecular weight excluding hydrogens is 339 g/mol. The van der Waals surface area contributed by atoms with E-state index in [-0.39, 0.29) is 5.78 Å². The third kappa shape index (κ3) is 3.33. The van der Waals surface area contributed by atoms with E-state index in [0.29, 0.717) is 26.4 Å². The third-order valence-electron chi connectivity index (χ3n) is 2.99. The molecule has 3 aromatic rings. The van der Waals surface area contributed by atoms with Gasteiger partial charge in [-0.05, 0) is 53.9 Å². The molecule has 2 heterocycles. The van der Waals surface area contributed by atoms with Crippen molar-refractivity contribution < 1.29 is 9.21 Å². The van der Waals surface area contributed by atoms with Gasteiger partial charge in [0.1, 0.15) is 11.5 Å². The van der Waals surface area contributed by atoms with E-state index in [9.17, 15) is 4.79 Å². The standard InChI is InChI=1S/C17H10Cl2O2S/c18-13-6-3-11(10-14(13)19)16-8-5-12(21-16)4-7-15(20)17-2-1-9-22-17/h1-10H. The van der Waals surface area contributed by atoms with Crippen molar-refractivity contribution in [1.29, 1.82) is 0 Å². The van der Waals surface area contributed by atoms with Gasteiger partial charge in [0, 0.05) is 5.56 Å². The molecule has 2 nitrogen and oxygen atoms in total. The van der Waals surface area contributed by atoms with Crippen molar-refractivity contribution in [3.63, 3.8) is 0 Å². The van der Waals surface area contributed by atoms with Crippen LogP contribution in [0, 0.1) is 0 Å². The van der Waals surface area contributed by atoms with Gasteiger partial charge in [0.25, 0.3) is 0 Å². The maximum Gasteiger partial charge on any atom is 0.195 e. The second kappa shape index (κ2) is 6.53. The van der Waals surface area contributed by atoms with E-state index in [4.69, 9.17) is 27.6 Å². The minimum absolute atomic E-state index is 0.0394. The average Bonchev–Trinajstić information content (AvgIpc) is 3.19. The van der Waals surface area contributed by atoms with Crippen LogP contribution in [0.15, 0.2) is 58.3 Å². The Hall–Kier alpha value is -1.81. The van der Waals surface area contributed by atoms with Crippen LogP contribution >= 0.6 is 34.5 Å². The van der Waals surface area contributed by atoms with Crippen molar-refractivity contribution in [2.24, 2.45) is 0 Å². The lowest BCUT2D eigenvalue weighted by Gasteiger charge is -1.99. The molecule has 0 amide bonds. The largest absolute Gasteiger partial charge is 0.457 e. The molecule has 0 fully saturated rings. The van der Waals surface area contributed by atoms with Gasteiger partial charge in [-0.2, -0.15) is 0 Å². The zero-order valence-corrected chi connectivity index (χ0v) is 13.6. The van der Waals surface area contributed by atoms with Crippen molar-refractivity contribution in [2.75, 3.05) is 0 Å². The second-order valence-corrected chi connectivity index (χ2v) is 6.27. The highest BCUT2D eigenvalue weighted by molar-refractivity contribution is 7.12. The van der Waals surface area contributed by atoms with Crippen molar-refractivity contribution in [3.05, 3.63) is 74.6 Å². The predicted molar refractivity (Wildman–Crippen MR) is 91.8 cm³/mol. The summed E-state index contributed by atoms with van der Waals surface area (Å²) in [5.41, 5.74) is 0.832. The zero-order chi connectivity index (χ0) is 15.5. The number of halogens is 2. The summed E-state index contributed by atoms with van der Waals surface area (Å²) in [6, 6.07) is 12.6. The maximum atomic E-state index is 11.9. The Morgan fingerprint density at radius 1 is 1.09 bits per heavy atom. The van der Waals surface area contributed by atoms with Gasteiger partial charge in [0.05, 0.1) is 14.9 Å². The van der Waals surface area contributed by atoms with E-state index in [1.807, 2.05) is 23.6 Å². The quantitative estimate of drug-likeness (QED) is 0.414. The molecule has 0 saturated heterocycles. The molecule has 22 heavy (non-hydrogen) atoms. The Labute approximate surface area is 141 Å². The molecule has 0 spiro atoms. The number of carbonyl (C=O) groups is 1. The molecule has 0 N–H and O–H groups in total. The molecule has 5 heteroatoms. The summed E-state index contributed by atoms with van der Waals surface area (Å²) in [4.78, 5) is 12.6. The number of hydrogen-bond donors (Lipinski definition) is 0. The van der Waals surface area contributed by atoms with Crippen LogP contribution in [0.1, 0.15) is 15.4 Å². The highest BCUT2D eigenvalue weighted by Crippen LogP contribution is 2.29. The van der Waals surface area contributed by atoms with Gasteiger partial charge in [-0.25, -0.2) is 0 Å². The summed E-state index contributed by atoms with van der Waals surface area (Å²) in [5, 5.41) is 2.84.